The molecule has 1 aliphatic heterocycles. The molecule has 0 spiro atoms. The number of hydrogen-bond donors (Lipinski definition) is 0. The molecule has 0 amide bonds. The molecular formula is C45H33NOS. The summed E-state index contributed by atoms with van der Waals surface area (Å²) >= 11 is 1.77. The second-order valence-corrected chi connectivity index (χ2v) is 14.1. The van der Waals surface area contributed by atoms with Crippen LogP contribution in [0.5, 0.6) is 11.5 Å². The first-order chi connectivity index (χ1) is 23.5. The van der Waals surface area contributed by atoms with Crippen molar-refractivity contribution in [1.29, 1.82) is 0 Å². The highest BCUT2D eigenvalue weighted by molar-refractivity contribution is 7.99. The Morgan fingerprint density at radius 3 is 1.77 bits per heavy atom. The molecule has 1 aliphatic carbocycles. The summed E-state index contributed by atoms with van der Waals surface area (Å²) in [6.07, 6.45) is 0. The first kappa shape index (κ1) is 28.7. The average molecular weight is 636 g/mol. The molecule has 2 aliphatic rings. The molecule has 3 heteroatoms. The van der Waals surface area contributed by atoms with Gasteiger partial charge in [0.25, 0.3) is 0 Å². The summed E-state index contributed by atoms with van der Waals surface area (Å²) in [7, 11) is 0. The summed E-state index contributed by atoms with van der Waals surface area (Å²) in [5.41, 5.74) is 13.5. The summed E-state index contributed by atoms with van der Waals surface area (Å²) < 4.78 is 6.19. The minimum absolute atomic E-state index is 0.0800. The molecule has 0 fully saturated rings. The van der Waals surface area contributed by atoms with E-state index >= 15 is 0 Å². The highest BCUT2D eigenvalue weighted by Gasteiger charge is 2.35. The normalized spacial score (nSPS) is 13.5. The van der Waals surface area contributed by atoms with E-state index in [2.05, 4.69) is 170 Å². The van der Waals surface area contributed by atoms with Crippen LogP contribution in [0.15, 0.2) is 174 Å². The van der Waals surface area contributed by atoms with Gasteiger partial charge in [0, 0.05) is 22.5 Å². The van der Waals surface area contributed by atoms with Crippen LogP contribution in [0.4, 0.5) is 17.1 Å². The molecule has 230 valence electrons. The fourth-order valence-electron chi connectivity index (χ4n) is 7.22. The van der Waals surface area contributed by atoms with E-state index < -0.39 is 0 Å². The average Bonchev–Trinajstić information content (AvgIpc) is 3.37. The molecule has 9 rings (SSSR count). The standard InChI is InChI=1S/C45H33NOS/c1-45(2)39-13-7-6-12-37(39)38-26-25-36(29-40(38)45)46(34-21-16-31(17-22-34)30-10-4-3-5-11-30)35-23-18-32(19-24-35)33-20-27-42-44(28-33)48-43-15-9-8-14-41(43)47-42/h3-29H,1-2H3. The van der Waals surface area contributed by atoms with Crippen molar-refractivity contribution >= 4 is 28.8 Å². The van der Waals surface area contributed by atoms with Crippen LogP contribution in [0.1, 0.15) is 25.0 Å². The van der Waals surface area contributed by atoms with Gasteiger partial charge in [0.2, 0.25) is 0 Å². The Hall–Kier alpha value is -5.51. The van der Waals surface area contributed by atoms with Gasteiger partial charge < -0.3 is 9.64 Å². The van der Waals surface area contributed by atoms with Gasteiger partial charge in [-0.3, -0.25) is 0 Å². The molecule has 0 unspecified atom stereocenters. The van der Waals surface area contributed by atoms with E-state index in [9.17, 15) is 0 Å². The summed E-state index contributed by atoms with van der Waals surface area (Å²) in [5, 5.41) is 0. The smallest absolute Gasteiger partial charge is 0.141 e. The van der Waals surface area contributed by atoms with E-state index in [1.807, 2.05) is 12.1 Å². The second kappa shape index (κ2) is 11.3. The Morgan fingerprint density at radius 1 is 0.438 bits per heavy atom. The van der Waals surface area contributed by atoms with E-state index in [1.165, 1.54) is 44.5 Å². The van der Waals surface area contributed by atoms with Gasteiger partial charge in [-0.2, -0.15) is 0 Å². The zero-order valence-corrected chi connectivity index (χ0v) is 27.7. The minimum atomic E-state index is -0.0800. The number of anilines is 3. The Kier molecular flexibility index (Phi) is 6.77. The predicted octanol–water partition coefficient (Wildman–Crippen LogP) is 13.1. The van der Waals surface area contributed by atoms with E-state index in [-0.39, 0.29) is 5.41 Å². The van der Waals surface area contributed by atoms with Crippen LogP contribution in [0, 0.1) is 0 Å². The van der Waals surface area contributed by atoms with Crippen molar-refractivity contribution in [1.82, 2.24) is 0 Å². The van der Waals surface area contributed by atoms with Crippen molar-refractivity contribution in [3.05, 3.63) is 175 Å². The van der Waals surface area contributed by atoms with Crippen LogP contribution >= 0.6 is 11.8 Å². The first-order valence-electron chi connectivity index (χ1n) is 16.4. The fourth-order valence-corrected chi connectivity index (χ4v) is 8.21. The van der Waals surface area contributed by atoms with Crippen molar-refractivity contribution in [2.75, 3.05) is 4.90 Å². The van der Waals surface area contributed by atoms with Crippen LogP contribution in [-0.4, -0.2) is 0 Å². The third-order valence-electron chi connectivity index (χ3n) is 9.75. The maximum absolute atomic E-state index is 6.19. The molecule has 7 aromatic carbocycles. The third-order valence-corrected chi connectivity index (χ3v) is 10.8. The Bertz CT molecular complexity index is 2310. The maximum atomic E-state index is 6.19. The molecular weight excluding hydrogens is 603 g/mol. The highest BCUT2D eigenvalue weighted by Crippen LogP contribution is 2.51. The molecule has 48 heavy (non-hydrogen) atoms. The number of benzene rings is 7. The van der Waals surface area contributed by atoms with Gasteiger partial charge in [-0.05, 0) is 105 Å². The largest absolute Gasteiger partial charge is 0.455 e. The molecule has 0 aromatic heterocycles. The monoisotopic (exact) mass is 635 g/mol. The lowest BCUT2D eigenvalue weighted by Gasteiger charge is -2.28. The van der Waals surface area contributed by atoms with Crippen LogP contribution in [0.2, 0.25) is 0 Å². The highest BCUT2D eigenvalue weighted by atomic mass is 32.2. The number of nitrogens with zero attached hydrogens (tertiary/aromatic N) is 1. The summed E-state index contributed by atoms with van der Waals surface area (Å²) in [6.45, 7) is 4.69. The SMILES string of the molecule is CC1(C)c2ccccc2-c2ccc(N(c3ccc(-c4ccccc4)cc3)c3ccc(-c4ccc5c(c4)Sc4ccccc4O5)cc3)cc21. The second-order valence-electron chi connectivity index (χ2n) is 13.0. The van der Waals surface area contributed by atoms with Crippen molar-refractivity contribution in [3.8, 4) is 44.9 Å². The Morgan fingerprint density at radius 2 is 1.00 bits per heavy atom. The van der Waals surface area contributed by atoms with Crippen molar-refractivity contribution in [2.24, 2.45) is 0 Å². The molecule has 1 heterocycles. The number of rotatable bonds is 5. The van der Waals surface area contributed by atoms with E-state index in [4.69, 9.17) is 4.74 Å². The predicted molar refractivity (Wildman–Crippen MR) is 200 cm³/mol. The maximum Gasteiger partial charge on any atom is 0.141 e. The molecule has 0 saturated heterocycles. The van der Waals surface area contributed by atoms with Crippen LogP contribution < -0.4 is 9.64 Å². The lowest BCUT2D eigenvalue weighted by atomic mass is 9.82. The van der Waals surface area contributed by atoms with Crippen molar-refractivity contribution < 1.29 is 4.74 Å². The number of fused-ring (bicyclic) bond motifs is 5. The molecule has 0 atom stereocenters. The summed E-state index contributed by atoms with van der Waals surface area (Å²) in [4.78, 5) is 4.66. The Labute approximate surface area is 286 Å². The van der Waals surface area contributed by atoms with Gasteiger partial charge in [-0.15, -0.1) is 0 Å². The summed E-state index contributed by atoms with van der Waals surface area (Å²) in [5.74, 6) is 1.83. The number of ether oxygens (including phenoxy) is 1. The van der Waals surface area contributed by atoms with Gasteiger partial charge in [0.05, 0.1) is 9.79 Å². The van der Waals surface area contributed by atoms with Crippen molar-refractivity contribution in [2.45, 2.75) is 29.1 Å². The van der Waals surface area contributed by atoms with Crippen LogP contribution in [-0.2, 0) is 5.41 Å². The van der Waals surface area contributed by atoms with Gasteiger partial charge in [-0.1, -0.05) is 129 Å². The van der Waals surface area contributed by atoms with Gasteiger partial charge in [0.1, 0.15) is 11.5 Å². The number of para-hydroxylation sites is 1. The van der Waals surface area contributed by atoms with E-state index in [0.29, 0.717) is 0 Å². The zero-order chi connectivity index (χ0) is 32.2. The van der Waals surface area contributed by atoms with Crippen LogP contribution in [0.3, 0.4) is 0 Å². The number of hydrogen-bond acceptors (Lipinski definition) is 3. The molecule has 7 aromatic rings. The minimum Gasteiger partial charge on any atom is -0.455 e. The first-order valence-corrected chi connectivity index (χ1v) is 17.2. The van der Waals surface area contributed by atoms with Gasteiger partial charge >= 0.3 is 0 Å². The van der Waals surface area contributed by atoms with Crippen molar-refractivity contribution in [3.63, 3.8) is 0 Å². The lowest BCUT2D eigenvalue weighted by Crippen LogP contribution is -2.16. The van der Waals surface area contributed by atoms with Gasteiger partial charge in [0.15, 0.2) is 0 Å². The summed E-state index contributed by atoms with van der Waals surface area (Å²) in [6, 6.07) is 59.0. The van der Waals surface area contributed by atoms with Crippen LogP contribution in [0.25, 0.3) is 33.4 Å². The topological polar surface area (TPSA) is 12.5 Å². The zero-order valence-electron chi connectivity index (χ0n) is 26.9. The quantitative estimate of drug-likeness (QED) is 0.187. The van der Waals surface area contributed by atoms with E-state index in [1.54, 1.807) is 11.8 Å². The molecule has 0 bridgehead atoms. The fraction of sp³-hybridized carbons (Fsp3) is 0.0667. The lowest BCUT2D eigenvalue weighted by molar-refractivity contribution is 0.454. The Balaban J connectivity index is 1.10. The molecule has 0 radical (unpaired) electrons. The van der Waals surface area contributed by atoms with Gasteiger partial charge in [-0.25, -0.2) is 0 Å². The molecule has 0 saturated carbocycles. The molecule has 0 N–H and O–H groups in total. The third kappa shape index (κ3) is 4.82. The van der Waals surface area contributed by atoms with E-state index in [0.717, 1.165) is 38.4 Å². The molecule has 2 nitrogen and oxygen atoms in total.